The fourth-order valence-electron chi connectivity index (χ4n) is 3.51. The van der Waals surface area contributed by atoms with Crippen molar-refractivity contribution < 1.29 is 26.3 Å². The zero-order chi connectivity index (χ0) is 23.1. The van der Waals surface area contributed by atoms with Gasteiger partial charge in [-0.2, -0.15) is 13.7 Å². The Labute approximate surface area is 182 Å². The van der Waals surface area contributed by atoms with E-state index in [1.54, 1.807) is 42.5 Å². The van der Waals surface area contributed by atoms with E-state index in [0.717, 1.165) is 16.4 Å². The van der Waals surface area contributed by atoms with E-state index in [2.05, 4.69) is 10.8 Å². The Morgan fingerprint density at radius 2 is 1.69 bits per heavy atom. The normalized spacial score (nSPS) is 14.7. The van der Waals surface area contributed by atoms with Gasteiger partial charge in [-0.15, -0.1) is 13.2 Å². The minimum Gasteiger partial charge on any atom is -0.406 e. The average molecular weight is 459 g/mol. The molecule has 4 rings (SSSR count). The molecule has 0 radical (unpaired) electrons. The highest BCUT2D eigenvalue weighted by molar-refractivity contribution is 7.94. The Hall–Kier alpha value is -3.71. The van der Waals surface area contributed by atoms with E-state index in [1.165, 1.54) is 23.5 Å². The number of ether oxygens (including phenoxy) is 1. The predicted molar refractivity (Wildman–Crippen MR) is 113 cm³/mol. The number of hydrogen-bond donors (Lipinski definition) is 0. The summed E-state index contributed by atoms with van der Waals surface area (Å²) >= 11 is 0. The molecule has 0 aromatic heterocycles. The Kier molecular flexibility index (Phi) is 5.22. The molecule has 3 aromatic carbocycles. The maximum absolute atomic E-state index is 13.0. The summed E-state index contributed by atoms with van der Waals surface area (Å²) in [7, 11) is -2.46. The van der Waals surface area contributed by atoms with Crippen LogP contribution in [-0.4, -0.2) is 21.8 Å². The SMILES string of the molecule is CN1c2cc(-c3ccccc3C#N)ccc2N(Cc2ccc(OC(F)(F)F)cc2)S1(=O)=O. The van der Waals surface area contributed by atoms with Crippen LogP contribution in [0, 0.1) is 11.3 Å². The number of alkyl halides is 3. The molecule has 0 aliphatic carbocycles. The van der Waals surface area contributed by atoms with E-state index >= 15 is 0 Å². The molecule has 0 saturated carbocycles. The zero-order valence-corrected chi connectivity index (χ0v) is 17.5. The maximum atomic E-state index is 13.0. The minimum atomic E-state index is -4.80. The van der Waals surface area contributed by atoms with Crippen molar-refractivity contribution in [1.29, 1.82) is 5.26 Å². The van der Waals surface area contributed by atoms with E-state index in [-0.39, 0.29) is 12.3 Å². The molecule has 164 valence electrons. The lowest BCUT2D eigenvalue weighted by Gasteiger charge is -2.19. The fourth-order valence-corrected chi connectivity index (χ4v) is 4.92. The van der Waals surface area contributed by atoms with Crippen LogP contribution >= 0.6 is 0 Å². The Morgan fingerprint density at radius 3 is 2.34 bits per heavy atom. The molecule has 1 aliphatic heterocycles. The van der Waals surface area contributed by atoms with Gasteiger partial charge in [-0.05, 0) is 47.0 Å². The number of nitrogens with zero attached hydrogens (tertiary/aromatic N) is 3. The highest BCUT2D eigenvalue weighted by atomic mass is 32.2. The highest BCUT2D eigenvalue weighted by Crippen LogP contribution is 2.43. The summed E-state index contributed by atoms with van der Waals surface area (Å²) in [6.07, 6.45) is -4.80. The van der Waals surface area contributed by atoms with Crippen molar-refractivity contribution in [1.82, 2.24) is 0 Å². The average Bonchev–Trinajstić information content (AvgIpc) is 2.94. The zero-order valence-electron chi connectivity index (χ0n) is 16.7. The van der Waals surface area contributed by atoms with Gasteiger partial charge in [-0.1, -0.05) is 36.4 Å². The summed E-state index contributed by atoms with van der Waals surface area (Å²) in [5.74, 6) is -0.385. The van der Waals surface area contributed by atoms with Crippen molar-refractivity contribution in [2.45, 2.75) is 12.9 Å². The molecule has 32 heavy (non-hydrogen) atoms. The van der Waals surface area contributed by atoms with Crippen LogP contribution in [0.15, 0.2) is 66.7 Å². The van der Waals surface area contributed by atoms with Crippen molar-refractivity contribution in [2.24, 2.45) is 0 Å². The van der Waals surface area contributed by atoms with Crippen molar-refractivity contribution in [3.63, 3.8) is 0 Å². The number of anilines is 2. The molecule has 3 aromatic rings. The molecule has 0 amide bonds. The molecule has 0 fully saturated rings. The number of nitriles is 1. The number of benzene rings is 3. The van der Waals surface area contributed by atoms with Crippen LogP contribution in [0.1, 0.15) is 11.1 Å². The van der Waals surface area contributed by atoms with Gasteiger partial charge < -0.3 is 4.74 Å². The minimum absolute atomic E-state index is 0.0693. The van der Waals surface area contributed by atoms with Gasteiger partial charge >= 0.3 is 16.6 Å². The second-order valence-electron chi connectivity index (χ2n) is 7.03. The van der Waals surface area contributed by atoms with Gasteiger partial charge in [0.1, 0.15) is 5.75 Å². The molecule has 0 spiro atoms. The van der Waals surface area contributed by atoms with E-state index in [4.69, 9.17) is 0 Å². The van der Waals surface area contributed by atoms with Gasteiger partial charge in [0.2, 0.25) is 0 Å². The third-order valence-corrected chi connectivity index (χ3v) is 6.82. The molecule has 0 saturated heterocycles. The first-order valence-electron chi connectivity index (χ1n) is 9.35. The molecule has 1 aliphatic rings. The summed E-state index contributed by atoms with van der Waals surface area (Å²) in [5, 5.41) is 9.36. The standard InChI is InChI=1S/C22H16F3N3O3S/c1-27-21-12-16(19-5-3-2-4-17(19)13-26)8-11-20(21)28(32(27,29)30)14-15-6-9-18(10-7-15)31-22(23,24)25/h2-12H,14H2,1H3. The third-order valence-electron chi connectivity index (χ3n) is 5.05. The van der Waals surface area contributed by atoms with E-state index in [1.807, 2.05) is 0 Å². The van der Waals surface area contributed by atoms with Gasteiger partial charge in [0.15, 0.2) is 0 Å². The van der Waals surface area contributed by atoms with Gasteiger partial charge in [0.05, 0.1) is 29.6 Å². The first kappa shape index (κ1) is 21.5. The number of fused-ring (bicyclic) bond motifs is 1. The van der Waals surface area contributed by atoms with E-state index in [0.29, 0.717) is 33.6 Å². The second kappa shape index (κ2) is 7.76. The van der Waals surface area contributed by atoms with Crippen LogP contribution in [0.4, 0.5) is 24.5 Å². The molecule has 10 heteroatoms. The van der Waals surface area contributed by atoms with Crippen LogP contribution in [0.25, 0.3) is 11.1 Å². The van der Waals surface area contributed by atoms with Crippen LogP contribution in [0.2, 0.25) is 0 Å². The number of hydrogen-bond acceptors (Lipinski definition) is 4. The molecule has 0 N–H and O–H groups in total. The van der Waals surface area contributed by atoms with Crippen LogP contribution in [0.3, 0.4) is 0 Å². The van der Waals surface area contributed by atoms with Gasteiger partial charge in [0.25, 0.3) is 0 Å². The van der Waals surface area contributed by atoms with E-state index in [9.17, 15) is 26.9 Å². The third kappa shape index (κ3) is 3.94. The smallest absolute Gasteiger partial charge is 0.406 e. The molecular formula is C22H16F3N3O3S. The van der Waals surface area contributed by atoms with Crippen molar-refractivity contribution in [3.05, 3.63) is 77.9 Å². The predicted octanol–water partition coefficient (Wildman–Crippen LogP) is 4.83. The molecule has 1 heterocycles. The molecular weight excluding hydrogens is 443 g/mol. The summed E-state index contributed by atoms with van der Waals surface area (Å²) in [5.41, 5.74) is 3.20. The topological polar surface area (TPSA) is 73.6 Å². The van der Waals surface area contributed by atoms with Crippen LogP contribution in [-0.2, 0) is 16.8 Å². The molecule has 0 unspecified atom stereocenters. The molecule has 6 nitrogen and oxygen atoms in total. The summed E-state index contributed by atoms with van der Waals surface area (Å²) in [4.78, 5) is 0. The molecule has 0 bridgehead atoms. The lowest BCUT2D eigenvalue weighted by atomic mass is 9.99. The highest BCUT2D eigenvalue weighted by Gasteiger charge is 2.38. The lowest BCUT2D eigenvalue weighted by Crippen LogP contribution is -2.35. The second-order valence-corrected chi connectivity index (χ2v) is 8.92. The van der Waals surface area contributed by atoms with Crippen molar-refractivity contribution >= 4 is 21.6 Å². The number of rotatable bonds is 4. The van der Waals surface area contributed by atoms with Gasteiger partial charge in [-0.25, -0.2) is 4.31 Å². The first-order chi connectivity index (χ1) is 15.1. The summed E-state index contributed by atoms with van der Waals surface area (Å²) in [6, 6.07) is 19.3. The quantitative estimate of drug-likeness (QED) is 0.561. The maximum Gasteiger partial charge on any atom is 0.573 e. The first-order valence-corrected chi connectivity index (χ1v) is 10.7. The lowest BCUT2D eigenvalue weighted by molar-refractivity contribution is -0.274. The summed E-state index contributed by atoms with van der Waals surface area (Å²) < 4.78 is 69.2. The molecule has 0 atom stereocenters. The van der Waals surface area contributed by atoms with Crippen LogP contribution < -0.4 is 13.3 Å². The summed E-state index contributed by atoms with van der Waals surface area (Å²) in [6.45, 7) is -0.0693. The van der Waals surface area contributed by atoms with Crippen LogP contribution in [0.5, 0.6) is 5.75 Å². The van der Waals surface area contributed by atoms with E-state index < -0.39 is 16.6 Å². The Bertz CT molecular complexity index is 1320. The van der Waals surface area contributed by atoms with Gasteiger partial charge in [-0.3, -0.25) is 4.31 Å². The van der Waals surface area contributed by atoms with Gasteiger partial charge in [0, 0.05) is 7.05 Å². The monoisotopic (exact) mass is 459 g/mol. The Balaban J connectivity index is 1.67. The largest absolute Gasteiger partial charge is 0.573 e. The Morgan fingerprint density at radius 1 is 1.00 bits per heavy atom. The fraction of sp³-hybridized carbons (Fsp3) is 0.136. The number of halogens is 3. The van der Waals surface area contributed by atoms with Crippen molar-refractivity contribution in [2.75, 3.05) is 15.7 Å². The van der Waals surface area contributed by atoms with Crippen molar-refractivity contribution in [3.8, 4) is 22.9 Å².